The Hall–Kier alpha value is -2.67. The van der Waals surface area contributed by atoms with Gasteiger partial charge in [-0.1, -0.05) is 30.1 Å². The summed E-state index contributed by atoms with van der Waals surface area (Å²) >= 11 is 6.22. The van der Waals surface area contributed by atoms with Crippen molar-refractivity contribution in [2.75, 3.05) is 0 Å². The van der Waals surface area contributed by atoms with Gasteiger partial charge in [0.25, 0.3) is 5.91 Å². The molecular formula is C16H16ClN5O2. The minimum atomic E-state index is -0.274. The Bertz CT molecular complexity index is 829. The fourth-order valence-electron chi connectivity index (χ4n) is 2.26. The summed E-state index contributed by atoms with van der Waals surface area (Å²) in [6.07, 6.45) is 4.97. The Morgan fingerprint density at radius 2 is 2.08 bits per heavy atom. The van der Waals surface area contributed by atoms with E-state index in [2.05, 4.69) is 27.6 Å². The Balaban J connectivity index is 1.66. The summed E-state index contributed by atoms with van der Waals surface area (Å²) in [6.45, 7) is 2.33. The molecule has 7 nitrogen and oxygen atoms in total. The molecule has 1 aromatic carbocycles. The molecule has 1 amide bonds. The van der Waals surface area contributed by atoms with Crippen LogP contribution >= 0.6 is 11.6 Å². The van der Waals surface area contributed by atoms with Gasteiger partial charge in [0.1, 0.15) is 12.7 Å². The van der Waals surface area contributed by atoms with Gasteiger partial charge in [0, 0.05) is 11.8 Å². The second-order valence-electron chi connectivity index (χ2n) is 5.25. The van der Waals surface area contributed by atoms with E-state index >= 15 is 0 Å². The fraction of sp³-hybridized carbons (Fsp3) is 0.250. The minimum absolute atomic E-state index is 0.263. The molecule has 0 spiro atoms. The maximum Gasteiger partial charge on any atom is 0.253 e. The van der Waals surface area contributed by atoms with E-state index in [0.29, 0.717) is 16.3 Å². The number of amides is 1. The van der Waals surface area contributed by atoms with E-state index in [1.54, 1.807) is 35.4 Å². The average molecular weight is 346 g/mol. The van der Waals surface area contributed by atoms with Gasteiger partial charge in [0.15, 0.2) is 5.76 Å². The molecule has 0 radical (unpaired) electrons. The summed E-state index contributed by atoms with van der Waals surface area (Å²) in [4.78, 5) is 12.3. The maximum absolute atomic E-state index is 12.3. The van der Waals surface area contributed by atoms with Crippen molar-refractivity contribution in [3.8, 4) is 5.69 Å². The van der Waals surface area contributed by atoms with Crippen LogP contribution in [0.1, 0.15) is 35.2 Å². The quantitative estimate of drug-likeness (QED) is 0.742. The third-order valence-corrected chi connectivity index (χ3v) is 3.76. The summed E-state index contributed by atoms with van der Waals surface area (Å²) < 4.78 is 6.89. The highest BCUT2D eigenvalue weighted by Gasteiger charge is 2.12. The number of benzene rings is 1. The predicted octanol–water partition coefficient (Wildman–Crippen LogP) is 2.79. The van der Waals surface area contributed by atoms with E-state index in [-0.39, 0.29) is 12.5 Å². The smallest absolute Gasteiger partial charge is 0.253 e. The van der Waals surface area contributed by atoms with E-state index in [9.17, 15) is 4.79 Å². The number of hydrogen-bond acceptors (Lipinski definition) is 5. The van der Waals surface area contributed by atoms with Gasteiger partial charge in [0.05, 0.1) is 22.8 Å². The van der Waals surface area contributed by atoms with Crippen LogP contribution < -0.4 is 5.32 Å². The molecule has 3 rings (SSSR count). The van der Waals surface area contributed by atoms with Gasteiger partial charge in [-0.3, -0.25) is 9.36 Å². The van der Waals surface area contributed by atoms with Crippen molar-refractivity contribution in [2.45, 2.75) is 26.3 Å². The van der Waals surface area contributed by atoms with E-state index in [0.717, 1.165) is 24.2 Å². The van der Waals surface area contributed by atoms with Crippen molar-refractivity contribution in [3.63, 3.8) is 0 Å². The first-order valence-corrected chi connectivity index (χ1v) is 7.92. The zero-order valence-electron chi connectivity index (χ0n) is 13.1. The van der Waals surface area contributed by atoms with Gasteiger partial charge in [-0.25, -0.2) is 0 Å². The van der Waals surface area contributed by atoms with Crippen LogP contribution in [-0.2, 0) is 13.0 Å². The van der Waals surface area contributed by atoms with Crippen molar-refractivity contribution < 1.29 is 9.32 Å². The lowest BCUT2D eigenvalue weighted by molar-refractivity contribution is 0.0947. The SMILES string of the molecule is CCCc1cc(CNC(=O)c2ccc(-n3cnnc3)cc2Cl)on1. The Morgan fingerprint density at radius 3 is 2.79 bits per heavy atom. The van der Waals surface area contributed by atoms with Gasteiger partial charge < -0.3 is 9.84 Å². The molecular weight excluding hydrogens is 330 g/mol. The lowest BCUT2D eigenvalue weighted by atomic mass is 10.2. The van der Waals surface area contributed by atoms with Crippen molar-refractivity contribution >= 4 is 17.5 Å². The molecule has 0 atom stereocenters. The second kappa shape index (κ2) is 7.27. The van der Waals surface area contributed by atoms with E-state index in [4.69, 9.17) is 16.1 Å². The zero-order chi connectivity index (χ0) is 16.9. The molecule has 0 saturated heterocycles. The molecule has 0 unspecified atom stereocenters. The first-order valence-electron chi connectivity index (χ1n) is 7.54. The summed E-state index contributed by atoms with van der Waals surface area (Å²) in [5.74, 6) is 0.341. The lowest BCUT2D eigenvalue weighted by Crippen LogP contribution is -2.23. The van der Waals surface area contributed by atoms with Gasteiger partial charge >= 0.3 is 0 Å². The van der Waals surface area contributed by atoms with Crippen molar-refractivity contribution in [1.82, 2.24) is 25.2 Å². The summed E-state index contributed by atoms with van der Waals surface area (Å²) in [5.41, 5.74) is 2.06. The van der Waals surface area contributed by atoms with Gasteiger partial charge in [-0.15, -0.1) is 10.2 Å². The molecule has 1 N–H and O–H groups in total. The molecule has 2 aromatic heterocycles. The van der Waals surface area contributed by atoms with E-state index in [1.165, 1.54) is 0 Å². The van der Waals surface area contributed by atoms with Crippen LogP contribution in [0.4, 0.5) is 0 Å². The van der Waals surface area contributed by atoms with Gasteiger partial charge in [-0.2, -0.15) is 0 Å². The lowest BCUT2D eigenvalue weighted by Gasteiger charge is -2.07. The zero-order valence-corrected chi connectivity index (χ0v) is 13.8. The van der Waals surface area contributed by atoms with Crippen LogP contribution in [0.2, 0.25) is 5.02 Å². The third kappa shape index (κ3) is 3.62. The molecule has 24 heavy (non-hydrogen) atoms. The number of hydrogen-bond donors (Lipinski definition) is 1. The van der Waals surface area contributed by atoms with Crippen LogP contribution in [0.3, 0.4) is 0 Å². The van der Waals surface area contributed by atoms with Crippen LogP contribution in [0, 0.1) is 0 Å². The van der Waals surface area contributed by atoms with Crippen LogP contribution in [-0.4, -0.2) is 25.8 Å². The minimum Gasteiger partial charge on any atom is -0.359 e. The first kappa shape index (κ1) is 16.2. The molecule has 0 aliphatic rings. The Kier molecular flexibility index (Phi) is 4.90. The molecule has 0 fully saturated rings. The predicted molar refractivity (Wildman–Crippen MR) is 88.0 cm³/mol. The summed E-state index contributed by atoms with van der Waals surface area (Å²) in [6, 6.07) is 6.97. The van der Waals surface area contributed by atoms with Crippen LogP contribution in [0.15, 0.2) is 41.4 Å². The van der Waals surface area contributed by atoms with Gasteiger partial charge in [-0.05, 0) is 24.6 Å². The third-order valence-electron chi connectivity index (χ3n) is 3.45. The fourth-order valence-corrected chi connectivity index (χ4v) is 2.52. The average Bonchev–Trinajstić information content (AvgIpc) is 3.25. The van der Waals surface area contributed by atoms with Crippen molar-refractivity contribution in [2.24, 2.45) is 0 Å². The normalized spacial score (nSPS) is 10.8. The number of halogens is 1. The van der Waals surface area contributed by atoms with E-state index < -0.39 is 0 Å². The number of carbonyl (C=O) groups is 1. The molecule has 124 valence electrons. The number of nitrogens with one attached hydrogen (secondary N) is 1. The monoisotopic (exact) mass is 345 g/mol. The number of rotatable bonds is 6. The Labute approximate surface area is 143 Å². The van der Waals surface area contributed by atoms with Crippen LogP contribution in [0.25, 0.3) is 5.69 Å². The summed E-state index contributed by atoms with van der Waals surface area (Å²) in [7, 11) is 0. The molecule has 2 heterocycles. The molecule has 0 saturated carbocycles. The highest BCUT2D eigenvalue weighted by molar-refractivity contribution is 6.34. The topological polar surface area (TPSA) is 85.8 Å². The Morgan fingerprint density at radius 1 is 1.29 bits per heavy atom. The number of aromatic nitrogens is 4. The van der Waals surface area contributed by atoms with Crippen molar-refractivity contribution in [1.29, 1.82) is 0 Å². The molecule has 3 aromatic rings. The highest BCUT2D eigenvalue weighted by atomic mass is 35.5. The number of nitrogens with zero attached hydrogens (tertiary/aromatic N) is 4. The molecule has 0 bridgehead atoms. The summed E-state index contributed by atoms with van der Waals surface area (Å²) in [5, 5.41) is 14.6. The van der Waals surface area contributed by atoms with Crippen LogP contribution in [0.5, 0.6) is 0 Å². The highest BCUT2D eigenvalue weighted by Crippen LogP contribution is 2.20. The van der Waals surface area contributed by atoms with E-state index in [1.807, 2.05) is 6.07 Å². The standard InChI is InChI=1S/C16H16ClN5O2/c1-2-3-11-6-13(24-21-11)8-18-16(23)14-5-4-12(7-15(14)17)22-9-19-20-10-22/h4-7,9-10H,2-3,8H2,1H3,(H,18,23). The number of carbonyl (C=O) groups excluding carboxylic acids is 1. The van der Waals surface area contributed by atoms with Crippen molar-refractivity contribution in [3.05, 3.63) is 59.0 Å². The second-order valence-corrected chi connectivity index (χ2v) is 5.66. The van der Waals surface area contributed by atoms with Gasteiger partial charge in [0.2, 0.25) is 0 Å². The number of aryl methyl sites for hydroxylation is 1. The molecule has 0 aliphatic heterocycles. The first-order chi connectivity index (χ1) is 11.7. The largest absolute Gasteiger partial charge is 0.359 e. The molecule has 8 heteroatoms. The molecule has 0 aliphatic carbocycles. The maximum atomic E-state index is 12.3.